The van der Waals surface area contributed by atoms with Gasteiger partial charge in [0.15, 0.2) is 0 Å². The Bertz CT molecular complexity index is 1200. The molecule has 4 bridgehead atoms. The van der Waals surface area contributed by atoms with Crippen molar-refractivity contribution in [3.05, 3.63) is 11.6 Å². The van der Waals surface area contributed by atoms with Gasteiger partial charge in [0.1, 0.15) is 12.2 Å². The molecule has 9 unspecified atom stereocenters. The van der Waals surface area contributed by atoms with Crippen molar-refractivity contribution >= 4 is 28.0 Å². The number of allylic oxidation sites excluding steroid dienone is 2. The van der Waals surface area contributed by atoms with Crippen molar-refractivity contribution in [2.24, 2.45) is 35.0 Å². The van der Waals surface area contributed by atoms with Crippen LogP contribution in [0.1, 0.15) is 45.4 Å². The zero-order valence-electron chi connectivity index (χ0n) is 20.0. The van der Waals surface area contributed by atoms with Crippen molar-refractivity contribution in [2.45, 2.75) is 75.2 Å². The first-order chi connectivity index (χ1) is 17.5. The molecule has 0 radical (unpaired) electrons. The second-order valence-electron chi connectivity index (χ2n) is 11.1. The van der Waals surface area contributed by atoms with E-state index in [0.717, 1.165) is 18.4 Å². The average molecular weight is 573 g/mol. The summed E-state index contributed by atoms with van der Waals surface area (Å²) in [5.74, 6) is -8.22. The molecule has 0 aromatic rings. The molecule has 1 saturated heterocycles. The van der Waals surface area contributed by atoms with Gasteiger partial charge in [-0.1, -0.05) is 18.6 Å². The van der Waals surface area contributed by atoms with Crippen LogP contribution in [0.25, 0.3) is 0 Å². The van der Waals surface area contributed by atoms with Crippen LogP contribution in [-0.2, 0) is 38.7 Å². The van der Waals surface area contributed by atoms with Crippen LogP contribution in [0, 0.1) is 35.0 Å². The van der Waals surface area contributed by atoms with Crippen molar-refractivity contribution < 1.29 is 63.5 Å². The fourth-order valence-electron chi connectivity index (χ4n) is 7.29. The maximum absolute atomic E-state index is 14.0. The van der Waals surface area contributed by atoms with E-state index in [1.54, 1.807) is 0 Å². The fraction of sp³-hybridized carbons (Fsp3) is 0.783. The van der Waals surface area contributed by atoms with Crippen LogP contribution in [0.2, 0.25) is 0 Å². The number of alkyl halides is 5. The van der Waals surface area contributed by atoms with E-state index < -0.39 is 86.9 Å². The van der Waals surface area contributed by atoms with Gasteiger partial charge in [-0.05, 0) is 44.4 Å². The number of carbonyl (C=O) groups excluding carboxylic acids is 3. The Hall–Kier alpha value is -2.29. The Labute approximate surface area is 213 Å². The average Bonchev–Trinajstić information content (AvgIpc) is 3.39. The van der Waals surface area contributed by atoms with Gasteiger partial charge in [0.05, 0.1) is 17.3 Å². The summed E-state index contributed by atoms with van der Waals surface area (Å²) in [4.78, 5) is 38.8. The van der Waals surface area contributed by atoms with E-state index >= 15 is 0 Å². The van der Waals surface area contributed by atoms with Crippen LogP contribution < -0.4 is 0 Å². The molecule has 1 heterocycles. The van der Waals surface area contributed by atoms with Crippen molar-refractivity contribution in [2.75, 3.05) is 0 Å². The van der Waals surface area contributed by atoms with Gasteiger partial charge in [0.2, 0.25) is 0 Å². The smallest absolute Gasteiger partial charge is 0.432 e. The highest BCUT2D eigenvalue weighted by Gasteiger charge is 2.72. The first kappa shape index (κ1) is 27.3. The first-order valence-corrected chi connectivity index (χ1v) is 13.6. The summed E-state index contributed by atoms with van der Waals surface area (Å²) in [6.07, 6.45) is -7.50. The van der Waals surface area contributed by atoms with Gasteiger partial charge >= 0.3 is 39.5 Å². The Kier molecular flexibility index (Phi) is 6.18. The zero-order chi connectivity index (χ0) is 28.0. The van der Waals surface area contributed by atoms with Crippen LogP contribution in [-0.4, -0.2) is 60.6 Å². The van der Waals surface area contributed by atoms with Crippen LogP contribution in [0.3, 0.4) is 0 Å². The molecule has 38 heavy (non-hydrogen) atoms. The van der Waals surface area contributed by atoms with Gasteiger partial charge in [0.25, 0.3) is 6.10 Å². The van der Waals surface area contributed by atoms with E-state index in [-0.39, 0.29) is 12.3 Å². The minimum Gasteiger partial charge on any atom is -0.458 e. The number of hydrogen-bond donors (Lipinski definition) is 1. The molecule has 9 nitrogen and oxygen atoms in total. The third-order valence-corrected chi connectivity index (χ3v) is 9.53. The second kappa shape index (κ2) is 8.60. The predicted octanol–water partition coefficient (Wildman–Crippen LogP) is 3.19. The Balaban J connectivity index is 1.39. The molecule has 15 heteroatoms. The highest BCUT2D eigenvalue weighted by molar-refractivity contribution is 7.86. The highest BCUT2D eigenvalue weighted by Crippen LogP contribution is 2.60. The molecular weight excluding hydrogens is 547 g/mol. The van der Waals surface area contributed by atoms with E-state index in [4.69, 9.17) is 14.0 Å². The number of hydrogen-bond acceptors (Lipinski definition) is 8. The summed E-state index contributed by atoms with van der Waals surface area (Å²) in [7, 11) is -6.63. The molecular formula is C23H25F5O9S. The molecule has 3 saturated carbocycles. The van der Waals surface area contributed by atoms with E-state index in [1.807, 2.05) is 6.92 Å². The SMILES string of the molecule is CC1C=C2CCCC(C(=O)OC3C4CC5C3OC(=O)C5C4C(=O)OC(C(F)(F)F)C(F)(F)S(=O)(=O)O)(C2)C1. The summed E-state index contributed by atoms with van der Waals surface area (Å²) >= 11 is 0. The van der Waals surface area contributed by atoms with Gasteiger partial charge in [-0.25, -0.2) is 0 Å². The van der Waals surface area contributed by atoms with Crippen molar-refractivity contribution in [3.8, 4) is 0 Å². The monoisotopic (exact) mass is 572 g/mol. The first-order valence-electron chi connectivity index (χ1n) is 12.2. The fourth-order valence-corrected chi connectivity index (χ4v) is 7.74. The molecule has 0 aromatic carbocycles. The molecule has 0 amide bonds. The molecule has 5 rings (SSSR count). The molecule has 5 aliphatic rings. The third-order valence-electron chi connectivity index (χ3n) is 8.63. The minimum atomic E-state index is -6.63. The van der Waals surface area contributed by atoms with Crippen LogP contribution in [0.4, 0.5) is 22.0 Å². The van der Waals surface area contributed by atoms with Crippen LogP contribution >= 0.6 is 0 Å². The number of ether oxygens (including phenoxy) is 3. The lowest BCUT2D eigenvalue weighted by Crippen LogP contribution is -2.54. The molecule has 9 atom stereocenters. The Morgan fingerprint density at radius 2 is 1.89 bits per heavy atom. The quantitative estimate of drug-likeness (QED) is 0.168. The number of carbonyl (C=O) groups is 3. The number of halogens is 5. The van der Waals surface area contributed by atoms with Crippen molar-refractivity contribution in [1.29, 1.82) is 0 Å². The molecule has 212 valence electrons. The number of rotatable bonds is 6. The third kappa shape index (κ3) is 4.11. The lowest BCUT2D eigenvalue weighted by molar-refractivity contribution is -0.262. The van der Waals surface area contributed by atoms with Crippen molar-refractivity contribution in [3.63, 3.8) is 0 Å². The zero-order valence-corrected chi connectivity index (χ0v) is 20.8. The molecule has 4 aliphatic carbocycles. The second-order valence-corrected chi connectivity index (χ2v) is 12.6. The van der Waals surface area contributed by atoms with Crippen LogP contribution in [0.15, 0.2) is 11.6 Å². The van der Waals surface area contributed by atoms with Gasteiger partial charge in [0, 0.05) is 11.8 Å². The van der Waals surface area contributed by atoms with E-state index in [1.165, 1.54) is 0 Å². The summed E-state index contributed by atoms with van der Waals surface area (Å²) in [6.45, 7) is 1.96. The Morgan fingerprint density at radius 1 is 1.21 bits per heavy atom. The topological polar surface area (TPSA) is 133 Å². The molecule has 1 N–H and O–H groups in total. The number of esters is 3. The minimum absolute atomic E-state index is 0.0265. The van der Waals surface area contributed by atoms with Gasteiger partial charge in [-0.15, -0.1) is 0 Å². The van der Waals surface area contributed by atoms with Gasteiger partial charge < -0.3 is 14.2 Å². The summed E-state index contributed by atoms with van der Waals surface area (Å²) in [6, 6.07) is 0. The largest absolute Gasteiger partial charge is 0.458 e. The van der Waals surface area contributed by atoms with Gasteiger partial charge in [-0.2, -0.15) is 30.4 Å². The summed E-state index contributed by atoms with van der Waals surface area (Å²) < 4.78 is 114. The molecule has 4 fully saturated rings. The normalized spacial score (nSPS) is 38.9. The van der Waals surface area contributed by atoms with Gasteiger partial charge in [-0.3, -0.25) is 18.9 Å². The maximum Gasteiger partial charge on any atom is 0.432 e. The highest BCUT2D eigenvalue weighted by atomic mass is 32.2. The lowest BCUT2D eigenvalue weighted by Gasteiger charge is -2.42. The van der Waals surface area contributed by atoms with E-state index in [0.29, 0.717) is 19.3 Å². The Morgan fingerprint density at radius 3 is 2.53 bits per heavy atom. The van der Waals surface area contributed by atoms with Crippen LogP contribution in [0.5, 0.6) is 0 Å². The lowest BCUT2D eigenvalue weighted by atomic mass is 9.63. The summed E-state index contributed by atoms with van der Waals surface area (Å²) in [5, 5.41) is -5.91. The standard InChI is InChI=1S/C23H25F5O9S/c1-9-5-10-3-2-4-21(7-9,8-10)20(31)36-16-12-6-11-13(17(29)35-15(11)16)14(12)18(30)37-19(22(24,25)26)23(27,28)38(32,33)34/h5,9,11-16,19H,2-4,6-8H2,1H3,(H,32,33,34). The molecule has 1 aliphatic heterocycles. The number of fused-ring (bicyclic) bond motifs is 3. The predicted molar refractivity (Wildman–Crippen MR) is 114 cm³/mol. The molecule has 0 aromatic heterocycles. The maximum atomic E-state index is 14.0. The van der Waals surface area contributed by atoms with E-state index in [2.05, 4.69) is 10.8 Å². The summed E-state index contributed by atoms with van der Waals surface area (Å²) in [5.41, 5.74) is 0.284. The molecule has 0 spiro atoms. The van der Waals surface area contributed by atoms with E-state index in [9.17, 15) is 44.8 Å². The van der Waals surface area contributed by atoms with Crippen molar-refractivity contribution in [1.82, 2.24) is 0 Å².